The van der Waals surface area contributed by atoms with Gasteiger partial charge in [-0.25, -0.2) is 4.39 Å². The molecular weight excluding hydrogens is 368 g/mol. The van der Waals surface area contributed by atoms with Crippen LogP contribution in [0.5, 0.6) is 0 Å². The highest BCUT2D eigenvalue weighted by Gasteiger charge is 2.61. The fraction of sp³-hybridized carbons (Fsp3) is 0.556. The summed E-state index contributed by atoms with van der Waals surface area (Å²) in [6.07, 6.45) is -5.45. The normalized spacial score (nSPS) is 32.1. The highest BCUT2D eigenvalue weighted by atomic mass is 19.4. The minimum absolute atomic E-state index is 0.0151. The Morgan fingerprint density at radius 2 is 2.00 bits per heavy atom. The number of fused-ring (bicyclic) bond motifs is 2. The maximum absolute atomic E-state index is 14.2. The Morgan fingerprint density at radius 1 is 1.33 bits per heavy atom. The first-order valence-electron chi connectivity index (χ1n) is 8.72. The van der Waals surface area contributed by atoms with Crippen LogP contribution in [-0.2, 0) is 16.4 Å². The van der Waals surface area contributed by atoms with Crippen molar-refractivity contribution in [1.29, 1.82) is 0 Å². The molecule has 2 N–H and O–H groups in total. The third-order valence-electron chi connectivity index (χ3n) is 5.67. The van der Waals surface area contributed by atoms with Gasteiger partial charge in [-0.2, -0.15) is 13.2 Å². The van der Waals surface area contributed by atoms with Gasteiger partial charge in [0, 0.05) is 23.6 Å². The van der Waals surface area contributed by atoms with E-state index in [-0.39, 0.29) is 36.7 Å². The van der Waals surface area contributed by atoms with Crippen LogP contribution in [0.3, 0.4) is 0 Å². The van der Waals surface area contributed by atoms with Gasteiger partial charge in [0.15, 0.2) is 0 Å². The topological polar surface area (TPSA) is 69.6 Å². The van der Waals surface area contributed by atoms with Gasteiger partial charge in [-0.15, -0.1) is 0 Å². The molecule has 2 saturated carbocycles. The van der Waals surface area contributed by atoms with Crippen molar-refractivity contribution in [3.63, 3.8) is 0 Å². The number of nitrogens with zero attached hydrogens (tertiary/aromatic N) is 1. The molecule has 4 rings (SSSR count). The van der Waals surface area contributed by atoms with Crippen molar-refractivity contribution < 1.29 is 32.3 Å². The van der Waals surface area contributed by atoms with Crippen LogP contribution in [0, 0.1) is 0 Å². The molecule has 146 valence electrons. The Kier molecular flexibility index (Phi) is 3.99. The molecular formula is C18H18F4N2O3. The number of carbonyl (C=O) groups is 2. The molecule has 0 radical (unpaired) electrons. The summed E-state index contributed by atoms with van der Waals surface area (Å²) >= 11 is 0. The maximum atomic E-state index is 14.2. The van der Waals surface area contributed by atoms with E-state index in [1.54, 1.807) is 0 Å². The average molecular weight is 386 g/mol. The summed E-state index contributed by atoms with van der Waals surface area (Å²) in [5, 5.41) is 11.9. The number of carbonyl (C=O) groups excluding carboxylic acids is 2. The third-order valence-corrected chi connectivity index (χ3v) is 5.67. The number of alkyl halides is 4. The van der Waals surface area contributed by atoms with Crippen LogP contribution in [0.25, 0.3) is 0 Å². The van der Waals surface area contributed by atoms with Gasteiger partial charge in [-0.3, -0.25) is 9.59 Å². The molecule has 9 heteroatoms. The van der Waals surface area contributed by atoms with Gasteiger partial charge in [-0.05, 0) is 43.0 Å². The molecule has 2 aliphatic carbocycles. The van der Waals surface area contributed by atoms with Gasteiger partial charge >= 0.3 is 6.18 Å². The van der Waals surface area contributed by atoms with E-state index in [1.165, 1.54) is 4.90 Å². The fourth-order valence-corrected chi connectivity index (χ4v) is 3.97. The van der Waals surface area contributed by atoms with Gasteiger partial charge in [0.1, 0.15) is 6.17 Å². The molecule has 1 aliphatic heterocycles. The van der Waals surface area contributed by atoms with E-state index >= 15 is 0 Å². The lowest BCUT2D eigenvalue weighted by molar-refractivity contribution is -0.137. The summed E-state index contributed by atoms with van der Waals surface area (Å²) in [5.41, 5.74) is -1.99. The predicted molar refractivity (Wildman–Crippen MR) is 85.7 cm³/mol. The molecule has 1 unspecified atom stereocenters. The zero-order valence-corrected chi connectivity index (χ0v) is 14.2. The minimum Gasteiger partial charge on any atom is -0.393 e. The van der Waals surface area contributed by atoms with Crippen molar-refractivity contribution in [2.45, 2.75) is 49.2 Å². The molecule has 1 heterocycles. The number of halogens is 4. The maximum Gasteiger partial charge on any atom is 0.416 e. The first kappa shape index (κ1) is 18.2. The monoisotopic (exact) mass is 386 g/mol. The van der Waals surface area contributed by atoms with Crippen molar-refractivity contribution >= 4 is 11.8 Å². The predicted octanol–water partition coefficient (Wildman–Crippen LogP) is 1.78. The molecule has 2 amide bonds. The molecule has 0 aromatic heterocycles. The van der Waals surface area contributed by atoms with Crippen molar-refractivity contribution in [1.82, 2.24) is 10.2 Å². The third kappa shape index (κ3) is 3.07. The van der Waals surface area contributed by atoms with Crippen LogP contribution >= 0.6 is 0 Å². The van der Waals surface area contributed by atoms with Crippen molar-refractivity contribution in [2.75, 3.05) is 13.1 Å². The van der Waals surface area contributed by atoms with Gasteiger partial charge < -0.3 is 15.3 Å². The van der Waals surface area contributed by atoms with Crippen LogP contribution in [-0.4, -0.2) is 53.2 Å². The smallest absolute Gasteiger partial charge is 0.393 e. The van der Waals surface area contributed by atoms with Gasteiger partial charge in [-0.1, -0.05) is 0 Å². The lowest BCUT2D eigenvalue weighted by Crippen LogP contribution is -2.52. The first-order valence-corrected chi connectivity index (χ1v) is 8.72. The second-order valence-corrected chi connectivity index (χ2v) is 7.64. The van der Waals surface area contributed by atoms with E-state index in [1.807, 2.05) is 0 Å². The highest BCUT2D eigenvalue weighted by Crippen LogP contribution is 2.55. The number of hydrogen-bond donors (Lipinski definition) is 2. The Balaban J connectivity index is 1.56. The van der Waals surface area contributed by atoms with Gasteiger partial charge in [0.25, 0.3) is 5.91 Å². The lowest BCUT2D eigenvalue weighted by Gasteiger charge is -2.36. The summed E-state index contributed by atoms with van der Waals surface area (Å²) < 4.78 is 53.2. The average Bonchev–Trinajstić information content (AvgIpc) is 3.20. The van der Waals surface area contributed by atoms with E-state index in [9.17, 15) is 32.3 Å². The van der Waals surface area contributed by atoms with E-state index in [0.717, 1.165) is 18.2 Å². The molecule has 27 heavy (non-hydrogen) atoms. The summed E-state index contributed by atoms with van der Waals surface area (Å²) in [5.74, 6) is -1.01. The molecule has 1 aromatic rings. The number of amides is 2. The molecule has 1 aromatic carbocycles. The van der Waals surface area contributed by atoms with E-state index in [2.05, 4.69) is 5.32 Å². The molecule has 0 saturated heterocycles. The number of rotatable bonds is 3. The van der Waals surface area contributed by atoms with E-state index < -0.39 is 41.2 Å². The molecule has 0 bridgehead atoms. The van der Waals surface area contributed by atoms with Crippen LogP contribution in [0.2, 0.25) is 0 Å². The lowest BCUT2D eigenvalue weighted by atomic mass is 9.85. The second kappa shape index (κ2) is 5.92. The summed E-state index contributed by atoms with van der Waals surface area (Å²) in [6.45, 7) is -0.414. The summed E-state index contributed by atoms with van der Waals surface area (Å²) in [6, 6.07) is 2.58. The molecule has 5 nitrogen and oxygen atoms in total. The SMILES string of the molecule is O=C(CN1C[C@@]2(CC2F)c2cc(C(F)(F)F)ccc2C1=O)NC1CC(O)C1. The highest BCUT2D eigenvalue weighted by molar-refractivity contribution is 6.00. The number of aliphatic hydroxyl groups excluding tert-OH is 1. The number of hydrogen-bond acceptors (Lipinski definition) is 3. The number of benzene rings is 1. The Hall–Kier alpha value is -2.16. The largest absolute Gasteiger partial charge is 0.416 e. The van der Waals surface area contributed by atoms with Crippen LogP contribution in [0.15, 0.2) is 18.2 Å². The van der Waals surface area contributed by atoms with E-state index in [4.69, 9.17) is 0 Å². The Bertz CT molecular complexity index is 806. The van der Waals surface area contributed by atoms with Crippen LogP contribution in [0.1, 0.15) is 40.7 Å². The summed E-state index contributed by atoms with van der Waals surface area (Å²) in [4.78, 5) is 26.0. The van der Waals surface area contributed by atoms with Crippen molar-refractivity contribution in [2.24, 2.45) is 0 Å². The Labute approximate surface area is 152 Å². The number of aliphatic hydroxyl groups is 1. The van der Waals surface area contributed by atoms with Gasteiger partial charge in [0.2, 0.25) is 5.91 Å². The second-order valence-electron chi connectivity index (χ2n) is 7.64. The minimum atomic E-state index is -4.58. The Morgan fingerprint density at radius 3 is 2.56 bits per heavy atom. The molecule has 2 atom stereocenters. The quantitative estimate of drug-likeness (QED) is 0.779. The van der Waals surface area contributed by atoms with Crippen LogP contribution in [0.4, 0.5) is 17.6 Å². The van der Waals surface area contributed by atoms with Gasteiger partial charge in [0.05, 0.1) is 18.2 Å². The molecule has 1 spiro atoms. The van der Waals surface area contributed by atoms with Crippen molar-refractivity contribution in [3.05, 3.63) is 34.9 Å². The zero-order chi connectivity index (χ0) is 19.6. The van der Waals surface area contributed by atoms with E-state index in [0.29, 0.717) is 12.8 Å². The zero-order valence-electron chi connectivity index (χ0n) is 14.2. The summed E-state index contributed by atoms with van der Waals surface area (Å²) in [7, 11) is 0. The van der Waals surface area contributed by atoms with Crippen molar-refractivity contribution in [3.8, 4) is 0 Å². The standard InChI is InChI=1S/C18H18F4N2O3/c19-14-6-17(14)8-24(7-15(26)23-10-4-11(25)5-10)16(27)12-2-1-9(3-13(12)17)18(20,21)22/h1-3,10-11,14,25H,4-8H2,(H,23,26)/t10?,11?,14?,17-/m0/s1. The van der Waals surface area contributed by atoms with Crippen LogP contribution < -0.4 is 5.32 Å². The molecule has 2 fully saturated rings. The molecule has 3 aliphatic rings. The fourth-order valence-electron chi connectivity index (χ4n) is 3.97. The first-order chi connectivity index (χ1) is 12.6. The number of nitrogens with one attached hydrogen (secondary N) is 1.